The number of benzene rings is 2. The molecule has 2 aromatic rings. The van der Waals surface area contributed by atoms with Crippen LogP contribution in [0.4, 0.5) is 11.4 Å². The van der Waals surface area contributed by atoms with Crippen LogP contribution in [0.3, 0.4) is 0 Å². The minimum absolute atomic E-state index is 0.0979. The molecule has 0 radical (unpaired) electrons. The number of nitrogens with one attached hydrogen (secondary N) is 1. The normalized spacial score (nSPS) is 14.6. The molecular weight excluding hydrogens is 334 g/mol. The van der Waals surface area contributed by atoms with Crippen LogP contribution in [0.15, 0.2) is 48.0 Å². The van der Waals surface area contributed by atoms with Crippen molar-refractivity contribution in [2.24, 2.45) is 0 Å². The van der Waals surface area contributed by atoms with Gasteiger partial charge in [-0.2, -0.15) is 5.26 Å². The standard InChI is InChI=1S/C23H25N3O/c1-17-6-11-22(18(2)14-17)25-23(27)20(16-24)15-19-7-9-21(10-8-19)26-12-4-3-5-13-26/h6-11,14-15H,3-5,12-13H2,1-2H3,(H,25,27)/b20-15-. The number of aryl methyl sites for hydroxylation is 2. The highest BCUT2D eigenvalue weighted by molar-refractivity contribution is 6.10. The molecule has 0 bridgehead atoms. The minimum atomic E-state index is -0.385. The van der Waals surface area contributed by atoms with Crippen LogP contribution in [-0.4, -0.2) is 19.0 Å². The van der Waals surface area contributed by atoms with Crippen LogP contribution in [0.1, 0.15) is 36.0 Å². The first-order chi connectivity index (χ1) is 13.1. The summed E-state index contributed by atoms with van der Waals surface area (Å²) in [5.74, 6) is -0.385. The van der Waals surface area contributed by atoms with Gasteiger partial charge < -0.3 is 10.2 Å². The molecule has 0 aliphatic carbocycles. The number of anilines is 2. The summed E-state index contributed by atoms with van der Waals surface area (Å²) in [4.78, 5) is 14.9. The molecule has 1 aliphatic rings. The molecule has 2 aromatic carbocycles. The van der Waals surface area contributed by atoms with E-state index < -0.39 is 0 Å². The molecule has 0 saturated carbocycles. The fourth-order valence-electron chi connectivity index (χ4n) is 3.39. The van der Waals surface area contributed by atoms with Crippen molar-refractivity contribution in [3.05, 3.63) is 64.7 Å². The number of nitriles is 1. The third kappa shape index (κ3) is 4.77. The van der Waals surface area contributed by atoms with Crippen LogP contribution in [0.5, 0.6) is 0 Å². The van der Waals surface area contributed by atoms with Gasteiger partial charge in [-0.3, -0.25) is 4.79 Å². The SMILES string of the molecule is Cc1ccc(NC(=O)/C(C#N)=C\c2ccc(N3CCCCC3)cc2)c(C)c1. The lowest BCUT2D eigenvalue weighted by Crippen LogP contribution is -2.29. The van der Waals surface area contributed by atoms with Gasteiger partial charge in [0.1, 0.15) is 11.6 Å². The Morgan fingerprint density at radius 2 is 1.78 bits per heavy atom. The zero-order valence-corrected chi connectivity index (χ0v) is 16.0. The van der Waals surface area contributed by atoms with E-state index in [1.807, 2.05) is 50.2 Å². The zero-order valence-electron chi connectivity index (χ0n) is 16.0. The first-order valence-corrected chi connectivity index (χ1v) is 9.42. The number of carbonyl (C=O) groups excluding carboxylic acids is 1. The van der Waals surface area contributed by atoms with Crippen LogP contribution in [0.25, 0.3) is 6.08 Å². The molecule has 1 fully saturated rings. The molecule has 3 rings (SSSR count). The average molecular weight is 359 g/mol. The van der Waals surface area contributed by atoms with E-state index in [-0.39, 0.29) is 11.5 Å². The monoisotopic (exact) mass is 359 g/mol. The third-order valence-corrected chi connectivity index (χ3v) is 4.92. The third-order valence-electron chi connectivity index (χ3n) is 4.92. The van der Waals surface area contributed by atoms with Crippen molar-refractivity contribution < 1.29 is 4.79 Å². The quantitative estimate of drug-likeness (QED) is 0.628. The Hall–Kier alpha value is -3.06. The van der Waals surface area contributed by atoms with Crippen molar-refractivity contribution in [1.82, 2.24) is 0 Å². The molecule has 4 nitrogen and oxygen atoms in total. The van der Waals surface area contributed by atoms with Crippen molar-refractivity contribution in [3.63, 3.8) is 0 Å². The zero-order chi connectivity index (χ0) is 19.2. The predicted octanol–water partition coefficient (Wildman–Crippen LogP) is 4.84. The molecule has 1 N–H and O–H groups in total. The molecule has 0 atom stereocenters. The Balaban J connectivity index is 1.73. The number of hydrogen-bond acceptors (Lipinski definition) is 3. The maximum Gasteiger partial charge on any atom is 0.266 e. The van der Waals surface area contributed by atoms with Gasteiger partial charge in [0.15, 0.2) is 0 Å². The van der Waals surface area contributed by atoms with Crippen LogP contribution in [0, 0.1) is 25.2 Å². The van der Waals surface area contributed by atoms with Crippen molar-refractivity contribution in [2.75, 3.05) is 23.3 Å². The lowest BCUT2D eigenvalue weighted by atomic mass is 10.1. The summed E-state index contributed by atoms with van der Waals surface area (Å²) in [5, 5.41) is 12.3. The van der Waals surface area contributed by atoms with Crippen LogP contribution in [-0.2, 0) is 4.79 Å². The van der Waals surface area contributed by atoms with Gasteiger partial charge in [0.2, 0.25) is 0 Å². The van der Waals surface area contributed by atoms with E-state index in [2.05, 4.69) is 22.3 Å². The van der Waals surface area contributed by atoms with Gasteiger partial charge in [0.05, 0.1) is 0 Å². The molecule has 1 aliphatic heterocycles. The van der Waals surface area contributed by atoms with E-state index in [1.54, 1.807) is 6.08 Å². The molecule has 1 amide bonds. The number of nitrogens with zero attached hydrogens (tertiary/aromatic N) is 2. The molecule has 1 saturated heterocycles. The van der Waals surface area contributed by atoms with Crippen molar-refractivity contribution in [3.8, 4) is 6.07 Å². The first-order valence-electron chi connectivity index (χ1n) is 9.42. The van der Waals surface area contributed by atoms with Crippen molar-refractivity contribution >= 4 is 23.4 Å². The van der Waals surface area contributed by atoms with E-state index >= 15 is 0 Å². The maximum atomic E-state index is 12.5. The topological polar surface area (TPSA) is 56.1 Å². The van der Waals surface area contributed by atoms with Crippen LogP contribution >= 0.6 is 0 Å². The fourth-order valence-corrected chi connectivity index (χ4v) is 3.39. The maximum absolute atomic E-state index is 12.5. The first kappa shape index (κ1) is 18.7. The Morgan fingerprint density at radius 3 is 2.41 bits per heavy atom. The van der Waals surface area contributed by atoms with Crippen molar-refractivity contribution in [2.45, 2.75) is 33.1 Å². The van der Waals surface area contributed by atoms with E-state index in [0.717, 1.165) is 35.5 Å². The van der Waals surface area contributed by atoms with Gasteiger partial charge >= 0.3 is 0 Å². The molecule has 0 spiro atoms. The molecule has 0 unspecified atom stereocenters. The number of piperidine rings is 1. The largest absolute Gasteiger partial charge is 0.372 e. The Bertz CT molecular complexity index is 885. The van der Waals surface area contributed by atoms with E-state index in [9.17, 15) is 10.1 Å². The lowest BCUT2D eigenvalue weighted by molar-refractivity contribution is -0.112. The second kappa shape index (κ2) is 8.55. The summed E-state index contributed by atoms with van der Waals surface area (Å²) < 4.78 is 0. The highest BCUT2D eigenvalue weighted by Crippen LogP contribution is 2.22. The molecular formula is C23H25N3O. The molecule has 27 heavy (non-hydrogen) atoms. The number of rotatable bonds is 4. The van der Waals surface area contributed by atoms with Gasteiger partial charge in [0, 0.05) is 24.5 Å². The van der Waals surface area contributed by atoms with E-state index in [1.165, 1.54) is 24.9 Å². The summed E-state index contributed by atoms with van der Waals surface area (Å²) in [6, 6.07) is 15.9. The summed E-state index contributed by atoms with van der Waals surface area (Å²) in [5.41, 5.74) is 4.99. The predicted molar refractivity (Wildman–Crippen MR) is 111 cm³/mol. The van der Waals surface area contributed by atoms with Crippen LogP contribution in [0.2, 0.25) is 0 Å². The average Bonchev–Trinajstić information content (AvgIpc) is 2.69. The summed E-state index contributed by atoms with van der Waals surface area (Å²) in [6.07, 6.45) is 5.41. The fraction of sp³-hybridized carbons (Fsp3) is 0.304. The molecule has 0 aromatic heterocycles. The number of amides is 1. The Morgan fingerprint density at radius 1 is 1.07 bits per heavy atom. The Labute approximate surface area is 161 Å². The van der Waals surface area contributed by atoms with Gasteiger partial charge in [-0.05, 0) is 68.5 Å². The highest BCUT2D eigenvalue weighted by Gasteiger charge is 2.12. The smallest absolute Gasteiger partial charge is 0.266 e. The summed E-state index contributed by atoms with van der Waals surface area (Å²) in [7, 11) is 0. The molecule has 4 heteroatoms. The summed E-state index contributed by atoms with van der Waals surface area (Å²) >= 11 is 0. The molecule has 138 valence electrons. The van der Waals surface area contributed by atoms with E-state index in [4.69, 9.17) is 0 Å². The second-order valence-electron chi connectivity index (χ2n) is 7.08. The lowest BCUT2D eigenvalue weighted by Gasteiger charge is -2.28. The second-order valence-corrected chi connectivity index (χ2v) is 7.08. The molecule has 1 heterocycles. The van der Waals surface area contributed by atoms with Gasteiger partial charge in [-0.25, -0.2) is 0 Å². The van der Waals surface area contributed by atoms with Crippen molar-refractivity contribution in [1.29, 1.82) is 5.26 Å². The van der Waals surface area contributed by atoms with Gasteiger partial charge in [-0.1, -0.05) is 29.8 Å². The summed E-state index contributed by atoms with van der Waals surface area (Å²) in [6.45, 7) is 6.14. The van der Waals surface area contributed by atoms with Gasteiger partial charge in [0.25, 0.3) is 5.91 Å². The number of hydrogen-bond donors (Lipinski definition) is 1. The van der Waals surface area contributed by atoms with Crippen LogP contribution < -0.4 is 10.2 Å². The van der Waals surface area contributed by atoms with Gasteiger partial charge in [-0.15, -0.1) is 0 Å². The minimum Gasteiger partial charge on any atom is -0.372 e. The number of carbonyl (C=O) groups is 1. The van der Waals surface area contributed by atoms with E-state index in [0.29, 0.717) is 0 Å². The highest BCUT2D eigenvalue weighted by atomic mass is 16.1. The Kier molecular flexibility index (Phi) is 5.93.